The van der Waals surface area contributed by atoms with Gasteiger partial charge in [-0.1, -0.05) is 0 Å². The Bertz CT molecular complexity index is 211. The Morgan fingerprint density at radius 3 is 2.86 bits per heavy atom. The lowest BCUT2D eigenvalue weighted by Crippen LogP contribution is -2.23. The zero-order valence-electron chi connectivity index (χ0n) is 7.85. The molecule has 2 aliphatic heterocycles. The van der Waals surface area contributed by atoms with Crippen LogP contribution >= 0.6 is 0 Å². The number of rotatable bonds is 8. The molecule has 5 nitrogen and oxygen atoms in total. The maximum absolute atomic E-state index is 9.36. The van der Waals surface area contributed by atoms with Crippen molar-refractivity contribution in [2.75, 3.05) is 33.0 Å². The molecule has 2 heterocycles. The minimum Gasteiger partial charge on any atom is -0.460 e. The third-order valence-electron chi connectivity index (χ3n) is 1.86. The summed E-state index contributed by atoms with van der Waals surface area (Å²) < 4.78 is 20.0. The van der Waals surface area contributed by atoms with Crippen molar-refractivity contribution in [2.45, 2.75) is 12.2 Å². The molecule has 0 spiro atoms. The zero-order chi connectivity index (χ0) is 9.80. The number of hydrogen-bond acceptors (Lipinski definition) is 5. The average Bonchev–Trinajstić information content (AvgIpc) is 2.99. The SMILES string of the molecule is OC(COCC1=CO1)COCC1CO1. The van der Waals surface area contributed by atoms with Crippen LogP contribution in [0.5, 0.6) is 0 Å². The molecule has 2 aliphatic rings. The first-order chi connectivity index (χ1) is 6.84. The molecule has 0 aromatic carbocycles. The summed E-state index contributed by atoms with van der Waals surface area (Å²) >= 11 is 0. The van der Waals surface area contributed by atoms with Crippen LogP contribution in [0.2, 0.25) is 0 Å². The fourth-order valence-corrected chi connectivity index (χ4v) is 0.953. The molecule has 1 fully saturated rings. The van der Waals surface area contributed by atoms with Crippen LogP contribution in [0.3, 0.4) is 0 Å². The number of epoxide rings is 1. The first-order valence-corrected chi connectivity index (χ1v) is 4.65. The molecule has 2 atom stereocenters. The fraction of sp³-hybridized carbons (Fsp3) is 0.778. The van der Waals surface area contributed by atoms with Gasteiger partial charge in [0.2, 0.25) is 0 Å². The second kappa shape index (κ2) is 4.75. The molecule has 0 aromatic heterocycles. The normalized spacial score (nSPS) is 25.2. The number of aliphatic hydroxyl groups excluding tert-OH is 1. The van der Waals surface area contributed by atoms with Crippen molar-refractivity contribution in [3.05, 3.63) is 12.0 Å². The van der Waals surface area contributed by atoms with Gasteiger partial charge in [-0.25, -0.2) is 0 Å². The number of hydrogen-bond donors (Lipinski definition) is 1. The van der Waals surface area contributed by atoms with Crippen molar-refractivity contribution >= 4 is 0 Å². The molecule has 14 heavy (non-hydrogen) atoms. The van der Waals surface area contributed by atoms with Gasteiger partial charge in [-0.05, 0) is 0 Å². The largest absolute Gasteiger partial charge is 0.460 e. The molecular formula is C9H14O5. The van der Waals surface area contributed by atoms with Crippen molar-refractivity contribution in [2.24, 2.45) is 0 Å². The van der Waals surface area contributed by atoms with E-state index >= 15 is 0 Å². The van der Waals surface area contributed by atoms with E-state index in [4.69, 9.17) is 18.9 Å². The van der Waals surface area contributed by atoms with Crippen LogP contribution in [0, 0.1) is 0 Å². The summed E-state index contributed by atoms with van der Waals surface area (Å²) in [5, 5.41) is 9.36. The smallest absolute Gasteiger partial charge is 0.164 e. The van der Waals surface area contributed by atoms with Gasteiger partial charge in [-0.3, -0.25) is 0 Å². The maximum atomic E-state index is 9.36. The maximum Gasteiger partial charge on any atom is 0.164 e. The Morgan fingerprint density at radius 2 is 2.21 bits per heavy atom. The molecule has 0 bridgehead atoms. The monoisotopic (exact) mass is 202 g/mol. The molecule has 2 rings (SSSR count). The molecule has 80 valence electrons. The second-order valence-electron chi connectivity index (χ2n) is 3.36. The molecule has 0 aliphatic carbocycles. The Kier molecular flexibility index (Phi) is 3.36. The summed E-state index contributed by atoms with van der Waals surface area (Å²) in [5.41, 5.74) is 0. The molecule has 0 amide bonds. The van der Waals surface area contributed by atoms with Crippen LogP contribution in [-0.4, -0.2) is 50.3 Å². The summed E-state index contributed by atoms with van der Waals surface area (Å²) in [6.07, 6.45) is 1.29. The number of aliphatic hydroxyl groups is 1. The molecular weight excluding hydrogens is 188 g/mol. The fourth-order valence-electron chi connectivity index (χ4n) is 0.953. The highest BCUT2D eigenvalue weighted by Gasteiger charge is 2.22. The van der Waals surface area contributed by atoms with Gasteiger partial charge in [0.05, 0.1) is 26.4 Å². The third-order valence-corrected chi connectivity index (χ3v) is 1.86. The Morgan fingerprint density at radius 1 is 1.50 bits per heavy atom. The van der Waals surface area contributed by atoms with Crippen LogP contribution in [0.15, 0.2) is 12.0 Å². The van der Waals surface area contributed by atoms with E-state index in [1.165, 1.54) is 0 Å². The van der Waals surface area contributed by atoms with Crippen molar-refractivity contribution in [3.63, 3.8) is 0 Å². The summed E-state index contributed by atoms with van der Waals surface area (Å²) in [6.45, 7) is 2.33. The van der Waals surface area contributed by atoms with E-state index in [0.717, 1.165) is 12.4 Å². The molecule has 0 aromatic rings. The molecule has 1 saturated heterocycles. The van der Waals surface area contributed by atoms with Crippen LogP contribution in [0.25, 0.3) is 0 Å². The summed E-state index contributed by atoms with van der Waals surface area (Å²) in [4.78, 5) is 0. The molecule has 5 heteroatoms. The van der Waals surface area contributed by atoms with Crippen LogP contribution in [0.4, 0.5) is 0 Å². The predicted octanol–water partition coefficient (Wildman–Crippen LogP) is -0.349. The Balaban J connectivity index is 1.40. The third kappa shape index (κ3) is 4.06. The van der Waals surface area contributed by atoms with Gasteiger partial charge in [-0.15, -0.1) is 0 Å². The average molecular weight is 202 g/mol. The first kappa shape index (κ1) is 9.92. The highest BCUT2D eigenvalue weighted by atomic mass is 16.6. The Hall–Kier alpha value is -0.620. The summed E-state index contributed by atoms with van der Waals surface area (Å²) in [7, 11) is 0. The van der Waals surface area contributed by atoms with Crippen LogP contribution < -0.4 is 0 Å². The quantitative estimate of drug-likeness (QED) is 0.545. The van der Waals surface area contributed by atoms with Crippen molar-refractivity contribution in [3.8, 4) is 0 Å². The lowest BCUT2D eigenvalue weighted by molar-refractivity contribution is -0.0184. The predicted molar refractivity (Wildman–Crippen MR) is 46.6 cm³/mol. The van der Waals surface area contributed by atoms with E-state index in [1.54, 1.807) is 6.26 Å². The van der Waals surface area contributed by atoms with Gasteiger partial charge < -0.3 is 24.1 Å². The first-order valence-electron chi connectivity index (χ1n) is 4.65. The summed E-state index contributed by atoms with van der Waals surface area (Å²) in [5.74, 6) is 0.824. The number of ether oxygens (including phenoxy) is 4. The highest BCUT2D eigenvalue weighted by molar-refractivity contribution is 5.02. The van der Waals surface area contributed by atoms with E-state index in [2.05, 4.69) is 0 Å². The van der Waals surface area contributed by atoms with Gasteiger partial charge >= 0.3 is 0 Å². The highest BCUT2D eigenvalue weighted by Crippen LogP contribution is 2.12. The van der Waals surface area contributed by atoms with Gasteiger partial charge in [0.25, 0.3) is 0 Å². The van der Waals surface area contributed by atoms with Gasteiger partial charge in [0.15, 0.2) is 5.76 Å². The van der Waals surface area contributed by atoms with E-state index in [9.17, 15) is 5.11 Å². The lowest BCUT2D eigenvalue weighted by Gasteiger charge is -2.09. The lowest BCUT2D eigenvalue weighted by atomic mass is 10.4. The van der Waals surface area contributed by atoms with Crippen molar-refractivity contribution in [1.29, 1.82) is 0 Å². The standard InChI is InChI=1S/C9H14O5/c10-7(1-11-3-8-5-13-8)2-12-4-9-6-14-9/h5,7,9-10H,1-4,6H2. The second-order valence-corrected chi connectivity index (χ2v) is 3.36. The zero-order valence-corrected chi connectivity index (χ0v) is 7.85. The van der Waals surface area contributed by atoms with E-state index in [-0.39, 0.29) is 12.7 Å². The van der Waals surface area contributed by atoms with Gasteiger partial charge in [-0.2, -0.15) is 0 Å². The topological polar surface area (TPSA) is 63.8 Å². The van der Waals surface area contributed by atoms with E-state index < -0.39 is 6.10 Å². The molecule has 0 saturated carbocycles. The van der Waals surface area contributed by atoms with Crippen LogP contribution in [0.1, 0.15) is 0 Å². The molecule has 1 N–H and O–H groups in total. The van der Waals surface area contributed by atoms with Gasteiger partial charge in [0.1, 0.15) is 25.1 Å². The van der Waals surface area contributed by atoms with Crippen molar-refractivity contribution in [1.82, 2.24) is 0 Å². The van der Waals surface area contributed by atoms with Crippen LogP contribution in [-0.2, 0) is 18.9 Å². The molecule has 0 radical (unpaired) electrons. The van der Waals surface area contributed by atoms with E-state index in [1.807, 2.05) is 0 Å². The Labute approximate surface area is 82.2 Å². The minimum absolute atomic E-state index is 0.244. The molecule has 2 unspecified atom stereocenters. The van der Waals surface area contributed by atoms with Gasteiger partial charge in [0, 0.05) is 0 Å². The summed E-state index contributed by atoms with van der Waals surface area (Å²) in [6, 6.07) is 0. The van der Waals surface area contributed by atoms with E-state index in [0.29, 0.717) is 19.8 Å². The van der Waals surface area contributed by atoms with Crippen molar-refractivity contribution < 1.29 is 24.1 Å². The minimum atomic E-state index is -0.576.